The number of quaternary nitrogens is 1. The maximum absolute atomic E-state index is 12.2. The van der Waals surface area contributed by atoms with Crippen molar-refractivity contribution in [3.63, 3.8) is 0 Å². The highest BCUT2D eigenvalue weighted by molar-refractivity contribution is 5.69. The lowest BCUT2D eigenvalue weighted by Crippen LogP contribution is -3.00. The summed E-state index contributed by atoms with van der Waals surface area (Å²) >= 11 is 0. The van der Waals surface area contributed by atoms with Gasteiger partial charge in [0, 0.05) is 4.81 Å². The summed E-state index contributed by atoms with van der Waals surface area (Å²) in [5.74, 6) is -0.589. The first-order valence-corrected chi connectivity index (χ1v) is 17.2. The summed E-state index contributed by atoms with van der Waals surface area (Å²) in [6, 6.07) is 0. The highest BCUT2D eigenvalue weighted by Crippen LogP contribution is 2.15. The van der Waals surface area contributed by atoms with Crippen molar-refractivity contribution in [1.29, 1.82) is 0 Å². The van der Waals surface area contributed by atoms with E-state index in [0.29, 0.717) is 12.8 Å². The van der Waals surface area contributed by atoms with Crippen LogP contribution in [0.25, 0.3) is 0 Å². The third-order valence-corrected chi connectivity index (χ3v) is 7.61. The second-order valence-electron chi connectivity index (χ2n) is 12.2. The van der Waals surface area contributed by atoms with E-state index >= 15 is 0 Å². The molecule has 0 spiro atoms. The molecule has 0 aliphatic heterocycles. The molecular weight excluding hydrogens is 522 g/mol. The van der Waals surface area contributed by atoms with Gasteiger partial charge in [-0.1, -0.05) is 168 Å². The normalized spacial score (nSPS) is 11.3. The number of hydrogen-bond donors (Lipinski definition) is 0. The predicted octanol–water partition coefficient (Wildman–Crippen LogP) is 7.95. The fourth-order valence-corrected chi connectivity index (χ4v) is 5.17. The summed E-state index contributed by atoms with van der Waals surface area (Å²) in [4.78, 5) is 34.7. The topological polar surface area (TPSA) is 52.6 Å². The zero-order valence-electron chi connectivity index (χ0n) is 27.3. The van der Waals surface area contributed by atoms with Crippen LogP contribution in [0.3, 0.4) is 0 Å². The second-order valence-corrected chi connectivity index (χ2v) is 12.2. The van der Waals surface area contributed by atoms with Crippen LogP contribution in [-0.4, -0.2) is 30.8 Å². The molecule has 0 fully saturated rings. The van der Waals surface area contributed by atoms with Gasteiger partial charge in [0.25, 0.3) is 0 Å². The summed E-state index contributed by atoms with van der Waals surface area (Å²) in [5, 5.41) is 0. The molecule has 0 bridgehead atoms. The third kappa shape index (κ3) is 31.7. The van der Waals surface area contributed by atoms with Gasteiger partial charge < -0.3 is 12.4 Å². The van der Waals surface area contributed by atoms with Gasteiger partial charge in [-0.15, -0.1) is 0 Å². The van der Waals surface area contributed by atoms with Gasteiger partial charge in [0.05, 0.1) is 12.8 Å². The molecule has 0 saturated carbocycles. The number of nitrogens with zero attached hydrogens (tertiary/aromatic N) is 1. The van der Waals surface area contributed by atoms with Crippen LogP contribution in [0.5, 0.6) is 0 Å². The Hall–Kier alpha value is -0.810. The molecule has 0 aromatic heterocycles. The Morgan fingerprint density at radius 2 is 0.600 bits per heavy atom. The molecule has 6 heteroatoms. The van der Waals surface area contributed by atoms with E-state index in [2.05, 4.69) is 13.8 Å². The van der Waals surface area contributed by atoms with Gasteiger partial charge >= 0.3 is 11.9 Å². The number of hydroxylamine groups is 4. The summed E-state index contributed by atoms with van der Waals surface area (Å²) in [5.41, 5.74) is 0. The molecule has 0 N–H and O–H groups in total. The first-order chi connectivity index (χ1) is 18.9. The fourth-order valence-electron chi connectivity index (χ4n) is 5.17. The number of carbonyl (C=O) groups excluding carboxylic acids is 2. The minimum atomic E-state index is -0.478. The van der Waals surface area contributed by atoms with Gasteiger partial charge in [0.2, 0.25) is 0 Å². The van der Waals surface area contributed by atoms with Crippen molar-refractivity contribution in [3.05, 3.63) is 0 Å². The molecule has 0 aromatic carbocycles. The van der Waals surface area contributed by atoms with E-state index in [-0.39, 0.29) is 24.3 Å². The molecule has 40 heavy (non-hydrogen) atoms. The Labute approximate surface area is 255 Å². The molecule has 0 amide bonds. The van der Waals surface area contributed by atoms with Crippen molar-refractivity contribution in [2.24, 2.45) is 0 Å². The quantitative estimate of drug-likeness (QED) is 0.0484. The molecule has 0 aliphatic carbocycles. The van der Waals surface area contributed by atoms with Crippen molar-refractivity contribution >= 4 is 11.9 Å². The van der Waals surface area contributed by atoms with Crippen LogP contribution in [0.1, 0.15) is 194 Å². The average Bonchev–Trinajstić information content (AvgIpc) is 2.88. The number of carbonyl (C=O) groups is 2. The van der Waals surface area contributed by atoms with Crippen molar-refractivity contribution in [2.45, 2.75) is 194 Å². The van der Waals surface area contributed by atoms with E-state index in [1.807, 2.05) is 0 Å². The van der Waals surface area contributed by atoms with Crippen LogP contribution >= 0.6 is 0 Å². The third-order valence-electron chi connectivity index (χ3n) is 7.61. The van der Waals surface area contributed by atoms with Crippen molar-refractivity contribution in [3.8, 4) is 0 Å². The van der Waals surface area contributed by atoms with Crippen LogP contribution in [0, 0.1) is 0 Å². The number of unbranched alkanes of at least 4 members (excludes halogenated alkanes) is 24. The Bertz CT molecular complexity index is 510. The standard InChI is InChI=1S/C34H68NO4.ClH/c1-5-7-9-11-13-15-17-19-21-23-25-27-29-31-33(36)38-35(3,4)39-34(37)32-30-28-26-24-22-20-18-16-14-12-10-8-6-2;/h5-32H2,1-4H3;1H/q+1;/p-1. The van der Waals surface area contributed by atoms with Gasteiger partial charge in [-0.2, -0.15) is 0 Å². The second kappa shape index (κ2) is 31.1. The van der Waals surface area contributed by atoms with Gasteiger partial charge in [0.15, 0.2) is 14.1 Å². The zero-order valence-corrected chi connectivity index (χ0v) is 28.0. The summed E-state index contributed by atoms with van der Waals surface area (Å²) in [7, 11) is 3.20. The molecule has 0 aliphatic rings. The number of halogens is 1. The molecule has 0 unspecified atom stereocenters. The van der Waals surface area contributed by atoms with E-state index < -0.39 is 4.81 Å². The van der Waals surface area contributed by atoms with Gasteiger partial charge in [-0.05, 0) is 12.8 Å². The first-order valence-electron chi connectivity index (χ1n) is 17.2. The maximum Gasteiger partial charge on any atom is 0.372 e. The number of rotatable bonds is 30. The average molecular weight is 590 g/mol. The van der Waals surface area contributed by atoms with E-state index in [9.17, 15) is 9.59 Å². The Balaban J connectivity index is 0. The number of hydrogen-bond acceptors (Lipinski definition) is 4. The monoisotopic (exact) mass is 589 g/mol. The molecule has 0 rings (SSSR count). The van der Waals surface area contributed by atoms with Gasteiger partial charge in [-0.3, -0.25) is 0 Å². The van der Waals surface area contributed by atoms with Crippen LogP contribution in [0.2, 0.25) is 0 Å². The molecule has 0 radical (unpaired) electrons. The molecular formula is C34H68ClNO4. The van der Waals surface area contributed by atoms with Crippen molar-refractivity contribution in [2.75, 3.05) is 14.1 Å². The summed E-state index contributed by atoms with van der Waals surface area (Å²) < 4.78 is 0. The minimum absolute atomic E-state index is 0. The lowest BCUT2D eigenvalue weighted by atomic mass is 10.0. The summed E-state index contributed by atoms with van der Waals surface area (Å²) in [6.07, 6.45) is 34.0. The Kier molecular flexibility index (Phi) is 32.2. The van der Waals surface area contributed by atoms with Crippen LogP contribution < -0.4 is 12.4 Å². The molecule has 0 aromatic rings. The van der Waals surface area contributed by atoms with Crippen LogP contribution in [0.15, 0.2) is 0 Å². The lowest BCUT2D eigenvalue weighted by molar-refractivity contribution is -1.20. The Morgan fingerprint density at radius 3 is 0.825 bits per heavy atom. The molecule has 5 nitrogen and oxygen atoms in total. The lowest BCUT2D eigenvalue weighted by Gasteiger charge is -2.22. The van der Waals surface area contributed by atoms with E-state index in [0.717, 1.165) is 25.7 Å². The largest absolute Gasteiger partial charge is 1.00 e. The molecule has 240 valence electrons. The Morgan fingerprint density at radius 1 is 0.400 bits per heavy atom. The highest BCUT2D eigenvalue weighted by Gasteiger charge is 2.27. The smallest absolute Gasteiger partial charge is 0.372 e. The van der Waals surface area contributed by atoms with Crippen LogP contribution in [0.4, 0.5) is 0 Å². The zero-order chi connectivity index (χ0) is 28.9. The minimum Gasteiger partial charge on any atom is -1.00 e. The fraction of sp³-hybridized carbons (Fsp3) is 0.941. The SMILES string of the molecule is CCCCCCCCCCCCCCCC(=O)O[N+](C)(C)OC(=O)CCCCCCCCCCCCCCC.[Cl-]. The predicted molar refractivity (Wildman–Crippen MR) is 165 cm³/mol. The van der Waals surface area contributed by atoms with Gasteiger partial charge in [-0.25, -0.2) is 19.3 Å². The molecule has 0 heterocycles. The van der Waals surface area contributed by atoms with E-state index in [1.165, 1.54) is 141 Å². The summed E-state index contributed by atoms with van der Waals surface area (Å²) in [6.45, 7) is 4.53. The van der Waals surface area contributed by atoms with E-state index in [1.54, 1.807) is 14.1 Å². The highest BCUT2D eigenvalue weighted by atomic mass is 35.5. The van der Waals surface area contributed by atoms with E-state index in [4.69, 9.17) is 9.68 Å². The molecule has 0 atom stereocenters. The van der Waals surface area contributed by atoms with Crippen LogP contribution in [-0.2, 0) is 19.3 Å². The molecule has 0 saturated heterocycles. The van der Waals surface area contributed by atoms with Crippen molar-refractivity contribution in [1.82, 2.24) is 0 Å². The van der Waals surface area contributed by atoms with Crippen molar-refractivity contribution < 1.29 is 36.5 Å². The maximum atomic E-state index is 12.2. The van der Waals surface area contributed by atoms with Gasteiger partial charge in [0.1, 0.15) is 0 Å². The first kappa shape index (κ1) is 41.3.